The van der Waals surface area contributed by atoms with Crippen molar-refractivity contribution in [2.24, 2.45) is 0 Å². The second kappa shape index (κ2) is 7.51. The van der Waals surface area contributed by atoms with Gasteiger partial charge in [0.05, 0.1) is 5.57 Å². The molecule has 23 heavy (non-hydrogen) atoms. The molecular weight excluding hydrogens is 314 g/mol. The van der Waals surface area contributed by atoms with Crippen LogP contribution in [0, 0.1) is 0 Å². The third kappa shape index (κ3) is 4.63. The van der Waals surface area contributed by atoms with E-state index >= 15 is 0 Å². The van der Waals surface area contributed by atoms with Crippen molar-refractivity contribution < 1.29 is 14.4 Å². The zero-order valence-electron chi connectivity index (χ0n) is 12.4. The summed E-state index contributed by atoms with van der Waals surface area (Å²) in [4.78, 5) is 36.1. The van der Waals surface area contributed by atoms with Crippen LogP contribution in [0.25, 0.3) is 0 Å². The summed E-state index contributed by atoms with van der Waals surface area (Å²) in [6.07, 6.45) is 1.05. The summed E-state index contributed by atoms with van der Waals surface area (Å²) in [6.45, 7) is 1.24. The molecule has 1 amide bonds. The van der Waals surface area contributed by atoms with Crippen molar-refractivity contribution >= 4 is 34.8 Å². The Balaban J connectivity index is 2.23. The van der Waals surface area contributed by atoms with Gasteiger partial charge in [0.2, 0.25) is 0 Å². The minimum atomic E-state index is -0.619. The topological polar surface area (TPSA) is 63.2 Å². The molecule has 0 fully saturated rings. The lowest BCUT2D eigenvalue weighted by atomic mass is 10.1. The molecule has 116 valence electrons. The third-order valence-electron chi connectivity index (χ3n) is 3.06. The Morgan fingerprint density at radius 3 is 2.13 bits per heavy atom. The highest BCUT2D eigenvalue weighted by molar-refractivity contribution is 6.31. The molecule has 4 nitrogen and oxygen atoms in total. The molecule has 0 heterocycles. The van der Waals surface area contributed by atoms with Gasteiger partial charge >= 0.3 is 0 Å². The van der Waals surface area contributed by atoms with Gasteiger partial charge in [-0.15, -0.1) is 0 Å². The minimum absolute atomic E-state index is 0.200. The first-order chi connectivity index (χ1) is 11.0. The van der Waals surface area contributed by atoms with Crippen molar-refractivity contribution in [2.45, 2.75) is 6.92 Å². The molecule has 2 rings (SSSR count). The average molecular weight is 328 g/mol. The molecule has 2 aromatic rings. The summed E-state index contributed by atoms with van der Waals surface area (Å²) in [6, 6.07) is 14.9. The lowest BCUT2D eigenvalue weighted by Gasteiger charge is -2.06. The Labute approximate surface area is 138 Å². The smallest absolute Gasteiger partial charge is 0.259 e. The van der Waals surface area contributed by atoms with Gasteiger partial charge in [0.1, 0.15) is 0 Å². The number of benzene rings is 2. The van der Waals surface area contributed by atoms with Crippen LogP contribution in [0.15, 0.2) is 66.2 Å². The van der Waals surface area contributed by atoms with E-state index in [4.69, 9.17) is 11.6 Å². The van der Waals surface area contributed by atoms with E-state index < -0.39 is 17.5 Å². The number of amides is 1. The van der Waals surface area contributed by atoms with Crippen LogP contribution in [0.2, 0.25) is 5.02 Å². The summed E-state index contributed by atoms with van der Waals surface area (Å²) >= 11 is 5.77. The first-order valence-corrected chi connectivity index (χ1v) is 7.24. The van der Waals surface area contributed by atoms with E-state index in [0.29, 0.717) is 16.3 Å². The summed E-state index contributed by atoms with van der Waals surface area (Å²) < 4.78 is 0. The number of para-hydroxylation sites is 1. The molecule has 0 spiro atoms. The number of Topliss-reactive ketones (excluding diaryl/α,β-unsaturated/α-hetero) is 1. The van der Waals surface area contributed by atoms with E-state index in [-0.39, 0.29) is 5.57 Å². The fraction of sp³-hybridized carbons (Fsp3) is 0.0556. The Morgan fingerprint density at radius 1 is 0.957 bits per heavy atom. The molecule has 0 radical (unpaired) electrons. The monoisotopic (exact) mass is 327 g/mol. The van der Waals surface area contributed by atoms with Crippen LogP contribution in [0.5, 0.6) is 0 Å². The predicted octanol–water partition coefficient (Wildman–Crippen LogP) is 3.68. The van der Waals surface area contributed by atoms with Gasteiger partial charge in [-0.1, -0.05) is 29.8 Å². The van der Waals surface area contributed by atoms with Crippen molar-refractivity contribution in [1.82, 2.24) is 0 Å². The number of ketones is 2. The predicted molar refractivity (Wildman–Crippen MR) is 89.6 cm³/mol. The lowest BCUT2D eigenvalue weighted by molar-refractivity contribution is -0.118. The van der Waals surface area contributed by atoms with E-state index in [1.54, 1.807) is 42.5 Å². The molecule has 0 aromatic heterocycles. The highest BCUT2D eigenvalue weighted by Crippen LogP contribution is 2.13. The Hall–Kier alpha value is -2.72. The molecule has 1 N–H and O–H groups in total. The Bertz CT molecular complexity index is 765. The fourth-order valence-electron chi connectivity index (χ4n) is 1.88. The van der Waals surface area contributed by atoms with Crippen molar-refractivity contribution in [3.63, 3.8) is 0 Å². The first-order valence-electron chi connectivity index (χ1n) is 6.86. The number of nitrogens with one attached hydrogen (secondary N) is 1. The number of carbonyl (C=O) groups excluding carboxylic acids is 3. The van der Waals surface area contributed by atoms with E-state index in [2.05, 4.69) is 5.32 Å². The zero-order valence-corrected chi connectivity index (χ0v) is 13.1. The van der Waals surface area contributed by atoms with E-state index in [0.717, 1.165) is 6.08 Å². The molecule has 5 heteroatoms. The molecule has 2 aromatic carbocycles. The second-order valence-corrected chi connectivity index (χ2v) is 5.24. The maximum absolute atomic E-state index is 12.2. The summed E-state index contributed by atoms with van der Waals surface area (Å²) in [5.74, 6) is -1.54. The molecule has 0 atom stereocenters. The number of anilines is 1. The number of carbonyl (C=O) groups is 3. The van der Waals surface area contributed by atoms with Crippen LogP contribution >= 0.6 is 11.6 Å². The van der Waals surface area contributed by atoms with E-state index in [1.807, 2.05) is 0 Å². The van der Waals surface area contributed by atoms with Gasteiger partial charge in [-0.2, -0.15) is 0 Å². The van der Waals surface area contributed by atoms with Gasteiger partial charge < -0.3 is 5.32 Å². The summed E-state index contributed by atoms with van der Waals surface area (Å²) in [7, 11) is 0. The summed E-state index contributed by atoms with van der Waals surface area (Å²) in [5, 5.41) is 3.09. The number of rotatable bonds is 5. The molecular formula is C18H14ClNO3. The number of hydrogen-bond acceptors (Lipinski definition) is 3. The molecule has 0 aliphatic carbocycles. The standard InChI is InChI=1S/C18H14ClNO3/c1-12(21)16(18(23)20-15-5-3-2-4-6-15)11-17(22)13-7-9-14(19)10-8-13/h2-11H,1H3,(H,20,23). The van der Waals surface area contributed by atoms with Crippen LogP contribution < -0.4 is 5.32 Å². The van der Waals surface area contributed by atoms with Gasteiger partial charge in [0, 0.05) is 22.3 Å². The molecule has 0 aliphatic heterocycles. The minimum Gasteiger partial charge on any atom is -0.322 e. The zero-order chi connectivity index (χ0) is 16.8. The molecule has 0 bridgehead atoms. The van der Waals surface area contributed by atoms with Gasteiger partial charge in [0.25, 0.3) is 5.91 Å². The Kier molecular flexibility index (Phi) is 5.44. The molecule has 0 unspecified atom stereocenters. The van der Waals surface area contributed by atoms with E-state index in [1.165, 1.54) is 19.1 Å². The van der Waals surface area contributed by atoms with Gasteiger partial charge in [0.15, 0.2) is 11.6 Å². The normalized spacial score (nSPS) is 11.0. The number of allylic oxidation sites excluding steroid dienone is 1. The van der Waals surface area contributed by atoms with Crippen molar-refractivity contribution in [3.05, 3.63) is 76.8 Å². The maximum atomic E-state index is 12.2. The largest absolute Gasteiger partial charge is 0.322 e. The van der Waals surface area contributed by atoms with Gasteiger partial charge in [-0.05, 0) is 43.3 Å². The van der Waals surface area contributed by atoms with Crippen molar-refractivity contribution in [3.8, 4) is 0 Å². The highest BCUT2D eigenvalue weighted by Gasteiger charge is 2.17. The number of hydrogen-bond donors (Lipinski definition) is 1. The van der Waals surface area contributed by atoms with Gasteiger partial charge in [-0.25, -0.2) is 0 Å². The van der Waals surface area contributed by atoms with Gasteiger partial charge in [-0.3, -0.25) is 14.4 Å². The van der Waals surface area contributed by atoms with Crippen LogP contribution in [-0.4, -0.2) is 17.5 Å². The van der Waals surface area contributed by atoms with Crippen LogP contribution in [-0.2, 0) is 9.59 Å². The highest BCUT2D eigenvalue weighted by atomic mass is 35.5. The second-order valence-electron chi connectivity index (χ2n) is 4.81. The van der Waals surface area contributed by atoms with Crippen LogP contribution in [0.1, 0.15) is 17.3 Å². The average Bonchev–Trinajstić information content (AvgIpc) is 2.53. The van der Waals surface area contributed by atoms with E-state index in [9.17, 15) is 14.4 Å². The molecule has 0 saturated heterocycles. The summed E-state index contributed by atoms with van der Waals surface area (Å²) in [5.41, 5.74) is 0.693. The number of halogens is 1. The lowest BCUT2D eigenvalue weighted by Crippen LogP contribution is -2.20. The van der Waals surface area contributed by atoms with Crippen LogP contribution in [0.4, 0.5) is 5.69 Å². The Morgan fingerprint density at radius 2 is 1.57 bits per heavy atom. The quantitative estimate of drug-likeness (QED) is 0.394. The van der Waals surface area contributed by atoms with Crippen LogP contribution in [0.3, 0.4) is 0 Å². The van der Waals surface area contributed by atoms with Crippen molar-refractivity contribution in [2.75, 3.05) is 5.32 Å². The third-order valence-corrected chi connectivity index (χ3v) is 3.31. The fourth-order valence-corrected chi connectivity index (χ4v) is 2.00. The van der Waals surface area contributed by atoms with Crippen molar-refractivity contribution in [1.29, 1.82) is 0 Å². The molecule has 0 saturated carbocycles. The first kappa shape index (κ1) is 16.6. The molecule has 0 aliphatic rings. The SMILES string of the molecule is CC(=O)C(=CC(=O)c1ccc(Cl)cc1)C(=O)Nc1ccccc1. The maximum Gasteiger partial charge on any atom is 0.259 e.